The van der Waals surface area contributed by atoms with Crippen LogP contribution < -0.4 is 9.47 Å². The van der Waals surface area contributed by atoms with Crippen LogP contribution in [0.5, 0.6) is 23.0 Å². The molecule has 0 aromatic heterocycles. The summed E-state index contributed by atoms with van der Waals surface area (Å²) in [7, 11) is -5.70. The summed E-state index contributed by atoms with van der Waals surface area (Å²) in [5, 5.41) is 21.4. The quantitative estimate of drug-likeness (QED) is 0.185. The highest BCUT2D eigenvalue weighted by Gasteiger charge is 2.54. The zero-order chi connectivity index (χ0) is 32.2. The zero-order valence-electron chi connectivity index (χ0n) is 26.8. The predicted molar refractivity (Wildman–Crippen MR) is 164 cm³/mol. The second kappa shape index (κ2) is 14.6. The third-order valence-electron chi connectivity index (χ3n) is 6.11. The molecule has 10 nitrogen and oxygen atoms in total. The molecular weight excluding hydrogens is 582 g/mol. The average Bonchev–Trinajstić information content (AvgIpc) is 2.83. The molecule has 0 radical (unpaired) electrons. The van der Waals surface area contributed by atoms with Gasteiger partial charge in [-0.1, -0.05) is 12.1 Å². The maximum absolute atomic E-state index is 15.2. The van der Waals surface area contributed by atoms with Crippen molar-refractivity contribution in [2.75, 3.05) is 14.2 Å². The van der Waals surface area contributed by atoms with E-state index in [0.717, 1.165) is 0 Å². The summed E-state index contributed by atoms with van der Waals surface area (Å²) in [6, 6.07) is 6.32. The lowest BCUT2D eigenvalue weighted by atomic mass is 9.99. The number of phenolic OH excluding ortho intramolecular Hbond substituents is 2. The van der Waals surface area contributed by atoms with Crippen LogP contribution in [0.1, 0.15) is 89.0 Å². The Labute approximate surface area is 250 Å². The minimum Gasteiger partial charge on any atom is -0.504 e. The van der Waals surface area contributed by atoms with Crippen LogP contribution in [0.3, 0.4) is 0 Å². The van der Waals surface area contributed by atoms with Gasteiger partial charge in [-0.2, -0.15) is 0 Å². The zero-order valence-corrected chi connectivity index (χ0v) is 28.6. The summed E-state index contributed by atoms with van der Waals surface area (Å²) in [5.41, 5.74) is -0.988. The summed E-state index contributed by atoms with van der Waals surface area (Å²) in [6.07, 6.45) is -2.20. The number of ether oxygens (including phenoxy) is 2. The molecule has 0 aliphatic heterocycles. The minimum atomic E-state index is -4.26. The van der Waals surface area contributed by atoms with E-state index in [1.54, 1.807) is 81.4 Å². The Balaban J connectivity index is 3.23. The lowest BCUT2D eigenvalue weighted by Gasteiger charge is -2.39. The highest BCUT2D eigenvalue weighted by Crippen LogP contribution is 2.77. The molecule has 42 heavy (non-hydrogen) atoms. The first-order chi connectivity index (χ1) is 19.4. The Morgan fingerprint density at radius 2 is 0.810 bits per heavy atom. The third kappa shape index (κ3) is 8.52. The fraction of sp³-hybridized carbons (Fsp3) is 0.600. The van der Waals surface area contributed by atoms with Crippen molar-refractivity contribution in [3.05, 3.63) is 46.5 Å². The maximum Gasteiger partial charge on any atom is 0.339 e. The molecule has 0 saturated carbocycles. The number of hydrogen-bond acceptors (Lipinski definition) is 10. The Morgan fingerprint density at radius 3 is 1.02 bits per heavy atom. The fourth-order valence-electron chi connectivity index (χ4n) is 4.76. The van der Waals surface area contributed by atoms with E-state index >= 15 is 9.13 Å². The number of rotatable bonds is 15. The number of benzene rings is 2. The first kappa shape index (κ1) is 36.1. The van der Waals surface area contributed by atoms with Gasteiger partial charge in [-0.15, -0.1) is 0 Å². The summed E-state index contributed by atoms with van der Waals surface area (Å²) in [6.45, 7) is 17.2. The third-order valence-corrected chi connectivity index (χ3v) is 11.8. The van der Waals surface area contributed by atoms with E-state index < -0.39 is 50.9 Å². The fourth-order valence-corrected chi connectivity index (χ4v) is 10.8. The van der Waals surface area contributed by atoms with E-state index in [1.165, 1.54) is 26.4 Å². The van der Waals surface area contributed by atoms with Gasteiger partial charge in [0.05, 0.1) is 38.6 Å². The summed E-state index contributed by atoms with van der Waals surface area (Å²) >= 11 is 0. The van der Waals surface area contributed by atoms with E-state index in [1.807, 2.05) is 0 Å². The highest BCUT2D eigenvalue weighted by molar-refractivity contribution is 7.58. The van der Waals surface area contributed by atoms with Crippen LogP contribution in [0, 0.1) is 13.8 Å². The second-order valence-electron chi connectivity index (χ2n) is 11.4. The van der Waals surface area contributed by atoms with Crippen molar-refractivity contribution in [2.24, 2.45) is 0 Å². The lowest BCUT2D eigenvalue weighted by molar-refractivity contribution is 0.122. The molecule has 12 heteroatoms. The lowest BCUT2D eigenvalue weighted by Crippen LogP contribution is -2.23. The van der Waals surface area contributed by atoms with Gasteiger partial charge in [0.15, 0.2) is 23.0 Å². The van der Waals surface area contributed by atoms with Crippen molar-refractivity contribution in [3.63, 3.8) is 0 Å². The first-order valence-corrected chi connectivity index (χ1v) is 17.3. The van der Waals surface area contributed by atoms with Crippen molar-refractivity contribution in [1.82, 2.24) is 0 Å². The van der Waals surface area contributed by atoms with E-state index in [2.05, 4.69) is 0 Å². The van der Waals surface area contributed by atoms with E-state index in [-0.39, 0.29) is 23.0 Å². The standard InChI is InChI=1S/C30H48O10P2/c1-17(2)37-41(33,38-18(3)4)29(23-13-21(9)27(31)25(15-23)35-11)30(42(34,39-19(5)6)40-20(7)8)24-14-22(10)28(32)26(16-24)36-12/h13-20,29-32H,1-12H3. The number of hydrogen-bond donors (Lipinski definition) is 2. The number of aryl methyl sites for hydroxylation is 2. The van der Waals surface area contributed by atoms with Crippen LogP contribution in [0.2, 0.25) is 0 Å². The molecule has 2 unspecified atom stereocenters. The monoisotopic (exact) mass is 630 g/mol. The predicted octanol–water partition coefficient (Wildman–Crippen LogP) is 8.60. The molecule has 2 atom stereocenters. The van der Waals surface area contributed by atoms with Gasteiger partial charge in [0, 0.05) is 0 Å². The summed E-state index contributed by atoms with van der Waals surface area (Å²) in [4.78, 5) is 0. The van der Waals surface area contributed by atoms with Crippen LogP contribution in [0.15, 0.2) is 24.3 Å². The van der Waals surface area contributed by atoms with Gasteiger partial charge in [0.25, 0.3) is 0 Å². The normalized spacial score (nSPS) is 14.2. The molecular formula is C30H48O10P2. The minimum absolute atomic E-state index is 0.0943. The van der Waals surface area contributed by atoms with Crippen molar-refractivity contribution in [1.29, 1.82) is 0 Å². The van der Waals surface area contributed by atoms with E-state index in [9.17, 15) is 10.2 Å². The molecule has 0 heterocycles. The Kier molecular flexibility index (Phi) is 12.6. The van der Waals surface area contributed by atoms with Gasteiger partial charge in [-0.05, 0) is 104 Å². The average molecular weight is 631 g/mol. The van der Waals surface area contributed by atoms with Crippen molar-refractivity contribution in [3.8, 4) is 23.0 Å². The number of aromatic hydroxyl groups is 2. The molecule has 0 amide bonds. The molecule has 0 spiro atoms. The summed E-state index contributed by atoms with van der Waals surface area (Å²) < 4.78 is 65.9. The van der Waals surface area contributed by atoms with Crippen molar-refractivity contribution in [2.45, 2.75) is 105 Å². The molecule has 0 saturated heterocycles. The Bertz CT molecular complexity index is 1180. The van der Waals surface area contributed by atoms with Gasteiger partial charge in [-0.25, -0.2) is 0 Å². The van der Waals surface area contributed by atoms with Gasteiger partial charge in [0.2, 0.25) is 0 Å². The molecule has 2 rings (SSSR count). The van der Waals surface area contributed by atoms with Crippen LogP contribution in [-0.4, -0.2) is 48.8 Å². The van der Waals surface area contributed by atoms with E-state index in [0.29, 0.717) is 22.3 Å². The number of phenols is 2. The first-order valence-electron chi connectivity index (χ1n) is 14.1. The maximum atomic E-state index is 15.2. The Hall–Kier alpha value is -2.06. The van der Waals surface area contributed by atoms with Crippen molar-refractivity contribution < 1.29 is 46.9 Å². The molecule has 2 N–H and O–H groups in total. The van der Waals surface area contributed by atoms with Crippen LogP contribution in [0.4, 0.5) is 0 Å². The number of methoxy groups -OCH3 is 2. The molecule has 238 valence electrons. The largest absolute Gasteiger partial charge is 0.504 e. The smallest absolute Gasteiger partial charge is 0.339 e. The van der Waals surface area contributed by atoms with Gasteiger partial charge < -0.3 is 37.8 Å². The van der Waals surface area contributed by atoms with Gasteiger partial charge in [-0.3, -0.25) is 9.13 Å². The van der Waals surface area contributed by atoms with Crippen LogP contribution in [-0.2, 0) is 27.2 Å². The molecule has 2 aromatic carbocycles. The van der Waals surface area contributed by atoms with Crippen LogP contribution in [0.25, 0.3) is 0 Å². The molecule has 0 fully saturated rings. The van der Waals surface area contributed by atoms with Crippen LogP contribution >= 0.6 is 15.2 Å². The van der Waals surface area contributed by atoms with Gasteiger partial charge >= 0.3 is 15.2 Å². The molecule has 2 aromatic rings. The SMILES string of the molecule is COc1cc(C(C(c2cc(C)c(O)c(OC)c2)P(=O)(OC(C)C)OC(C)C)P(=O)(OC(C)C)OC(C)C)cc(C)c1O. The molecule has 0 bridgehead atoms. The highest BCUT2D eigenvalue weighted by atomic mass is 31.2. The Morgan fingerprint density at radius 1 is 0.548 bits per heavy atom. The molecule has 0 aliphatic rings. The second-order valence-corrected chi connectivity index (χ2v) is 15.5. The van der Waals surface area contributed by atoms with Gasteiger partial charge in [0.1, 0.15) is 11.3 Å². The molecule has 0 aliphatic carbocycles. The topological polar surface area (TPSA) is 130 Å². The van der Waals surface area contributed by atoms with E-state index in [4.69, 9.17) is 27.6 Å². The van der Waals surface area contributed by atoms with Crippen molar-refractivity contribution >= 4 is 15.2 Å². The summed E-state index contributed by atoms with van der Waals surface area (Å²) in [5.74, 6) is 0.0581.